The van der Waals surface area contributed by atoms with Gasteiger partial charge < -0.3 is 9.80 Å². The third-order valence-electron chi connectivity index (χ3n) is 3.39. The first-order chi connectivity index (χ1) is 8.70. The van der Waals surface area contributed by atoms with E-state index in [9.17, 15) is 0 Å². The predicted molar refractivity (Wildman–Crippen MR) is 71.0 cm³/mol. The summed E-state index contributed by atoms with van der Waals surface area (Å²) in [5.41, 5.74) is 2.16. The summed E-state index contributed by atoms with van der Waals surface area (Å²) in [5.74, 6) is 1.93. The average molecular weight is 241 g/mol. The maximum absolute atomic E-state index is 4.44. The molecule has 18 heavy (non-hydrogen) atoms. The lowest BCUT2D eigenvalue weighted by atomic mass is 10.3. The lowest BCUT2D eigenvalue weighted by Gasteiger charge is -2.27. The van der Waals surface area contributed by atoms with Crippen molar-refractivity contribution in [3.05, 3.63) is 36.4 Å². The second-order valence-electron chi connectivity index (χ2n) is 4.49. The topological polar surface area (TPSA) is 45.2 Å². The molecule has 3 heterocycles. The Morgan fingerprint density at radius 2 is 2.06 bits per heavy atom. The van der Waals surface area contributed by atoms with Gasteiger partial charge in [0.15, 0.2) is 5.82 Å². The highest BCUT2D eigenvalue weighted by Gasteiger charge is 2.33. The first-order valence-electron chi connectivity index (χ1n) is 5.94. The highest BCUT2D eigenvalue weighted by Crippen LogP contribution is 2.41. The van der Waals surface area contributed by atoms with Gasteiger partial charge in [-0.1, -0.05) is 0 Å². The maximum Gasteiger partial charge on any atom is 0.154 e. The summed E-state index contributed by atoms with van der Waals surface area (Å²) in [6, 6.07) is 4.03. The van der Waals surface area contributed by atoms with E-state index in [-0.39, 0.29) is 6.17 Å². The van der Waals surface area contributed by atoms with E-state index in [1.165, 1.54) is 0 Å². The zero-order valence-electron chi connectivity index (χ0n) is 10.7. The van der Waals surface area contributed by atoms with Gasteiger partial charge in [0, 0.05) is 25.0 Å². The summed E-state index contributed by atoms with van der Waals surface area (Å²) < 4.78 is 0. The normalized spacial score (nSPS) is 18.1. The summed E-state index contributed by atoms with van der Waals surface area (Å²) in [6.45, 7) is 4.17. The summed E-state index contributed by atoms with van der Waals surface area (Å²) >= 11 is 0. The molecule has 92 valence electrons. The van der Waals surface area contributed by atoms with Crippen molar-refractivity contribution >= 4 is 17.3 Å². The van der Waals surface area contributed by atoms with Crippen LogP contribution in [0.2, 0.25) is 0 Å². The molecule has 0 aromatic carbocycles. The molecule has 1 atom stereocenters. The van der Waals surface area contributed by atoms with Crippen molar-refractivity contribution in [1.82, 2.24) is 15.0 Å². The van der Waals surface area contributed by atoms with E-state index in [1.54, 1.807) is 6.33 Å². The van der Waals surface area contributed by atoms with Crippen LogP contribution >= 0.6 is 0 Å². The van der Waals surface area contributed by atoms with Crippen molar-refractivity contribution < 1.29 is 0 Å². The van der Waals surface area contributed by atoms with Crippen LogP contribution < -0.4 is 9.80 Å². The fourth-order valence-corrected chi connectivity index (χ4v) is 2.34. The molecule has 0 N–H and O–H groups in total. The van der Waals surface area contributed by atoms with E-state index in [0.29, 0.717) is 0 Å². The van der Waals surface area contributed by atoms with Crippen LogP contribution in [0.5, 0.6) is 0 Å². The molecule has 0 fully saturated rings. The number of hydrogen-bond donors (Lipinski definition) is 0. The Kier molecular flexibility index (Phi) is 2.40. The number of pyridine rings is 1. The first kappa shape index (κ1) is 11.0. The molecule has 0 spiro atoms. The first-order valence-corrected chi connectivity index (χ1v) is 5.94. The van der Waals surface area contributed by atoms with Crippen LogP contribution in [-0.4, -0.2) is 28.2 Å². The molecule has 2 aromatic rings. The number of aromatic nitrogens is 3. The Morgan fingerprint density at radius 1 is 1.22 bits per heavy atom. The largest absolute Gasteiger partial charge is 0.337 e. The molecule has 2 aromatic heterocycles. The quantitative estimate of drug-likeness (QED) is 0.765. The molecule has 0 saturated heterocycles. The lowest BCUT2D eigenvalue weighted by Crippen LogP contribution is -2.36. The van der Waals surface area contributed by atoms with Gasteiger partial charge in [0.25, 0.3) is 0 Å². The van der Waals surface area contributed by atoms with E-state index in [0.717, 1.165) is 22.9 Å². The fraction of sp³-hybridized carbons (Fsp3) is 0.308. The Balaban J connectivity index is 2.16. The van der Waals surface area contributed by atoms with Crippen LogP contribution in [0.3, 0.4) is 0 Å². The standard InChI is InChI=1S/C13H15N5/c1-9-7-14-8-16-12(9)18-10(2)17(3)13-11(18)5-4-6-15-13/h4-8,10H,1-3H3. The fourth-order valence-electron chi connectivity index (χ4n) is 2.34. The number of aryl methyl sites for hydroxylation is 1. The highest BCUT2D eigenvalue weighted by molar-refractivity contribution is 5.80. The minimum absolute atomic E-state index is 0.198. The molecule has 5 nitrogen and oxygen atoms in total. The number of nitrogens with zero attached hydrogens (tertiary/aromatic N) is 5. The van der Waals surface area contributed by atoms with Gasteiger partial charge in [0.1, 0.15) is 18.3 Å². The van der Waals surface area contributed by atoms with Gasteiger partial charge in [-0.2, -0.15) is 0 Å². The third kappa shape index (κ3) is 1.44. The van der Waals surface area contributed by atoms with Crippen LogP contribution in [0.15, 0.2) is 30.9 Å². The van der Waals surface area contributed by atoms with Crippen molar-refractivity contribution in [1.29, 1.82) is 0 Å². The molecular weight excluding hydrogens is 226 g/mol. The molecule has 1 aliphatic rings. The Labute approximate surface area is 106 Å². The van der Waals surface area contributed by atoms with Crippen LogP contribution in [0.1, 0.15) is 12.5 Å². The number of fused-ring (bicyclic) bond motifs is 1. The molecule has 0 aliphatic carbocycles. The zero-order chi connectivity index (χ0) is 12.7. The molecule has 3 rings (SSSR count). The summed E-state index contributed by atoms with van der Waals surface area (Å²) in [4.78, 5) is 17.2. The van der Waals surface area contributed by atoms with Gasteiger partial charge in [0.05, 0.1) is 5.69 Å². The van der Waals surface area contributed by atoms with Crippen molar-refractivity contribution in [2.75, 3.05) is 16.8 Å². The minimum Gasteiger partial charge on any atom is -0.337 e. The Hall–Kier alpha value is -2.17. The summed E-state index contributed by atoms with van der Waals surface area (Å²) in [7, 11) is 2.05. The van der Waals surface area contributed by atoms with Gasteiger partial charge in [-0.25, -0.2) is 15.0 Å². The van der Waals surface area contributed by atoms with E-state index in [1.807, 2.05) is 32.4 Å². The molecule has 1 unspecified atom stereocenters. The Bertz CT molecular complexity index is 583. The minimum atomic E-state index is 0.198. The zero-order valence-corrected chi connectivity index (χ0v) is 10.7. The SMILES string of the molecule is Cc1cncnc1N1c2cccnc2N(C)C1C. The van der Waals surface area contributed by atoms with E-state index >= 15 is 0 Å². The van der Waals surface area contributed by atoms with Crippen molar-refractivity contribution in [2.45, 2.75) is 20.0 Å². The summed E-state index contributed by atoms with van der Waals surface area (Å²) in [6.07, 6.45) is 5.44. The molecule has 0 radical (unpaired) electrons. The van der Waals surface area contributed by atoms with Crippen molar-refractivity contribution in [3.8, 4) is 0 Å². The van der Waals surface area contributed by atoms with Gasteiger partial charge in [-0.05, 0) is 26.0 Å². The molecule has 1 aliphatic heterocycles. The van der Waals surface area contributed by atoms with Crippen LogP contribution in [0.25, 0.3) is 0 Å². The summed E-state index contributed by atoms with van der Waals surface area (Å²) in [5, 5.41) is 0. The average Bonchev–Trinajstić information content (AvgIpc) is 2.64. The van der Waals surface area contributed by atoms with Gasteiger partial charge >= 0.3 is 0 Å². The number of rotatable bonds is 1. The lowest BCUT2D eigenvalue weighted by molar-refractivity contribution is 0.719. The van der Waals surface area contributed by atoms with E-state index in [4.69, 9.17) is 0 Å². The predicted octanol–water partition coefficient (Wildman–Crippen LogP) is 2.11. The number of hydrogen-bond acceptors (Lipinski definition) is 5. The molecule has 0 amide bonds. The van der Waals surface area contributed by atoms with Gasteiger partial charge in [-0.3, -0.25) is 0 Å². The molecule has 0 saturated carbocycles. The van der Waals surface area contributed by atoms with E-state index < -0.39 is 0 Å². The van der Waals surface area contributed by atoms with Crippen molar-refractivity contribution in [3.63, 3.8) is 0 Å². The molecule has 0 bridgehead atoms. The second-order valence-corrected chi connectivity index (χ2v) is 4.49. The third-order valence-corrected chi connectivity index (χ3v) is 3.39. The van der Waals surface area contributed by atoms with Crippen LogP contribution in [-0.2, 0) is 0 Å². The highest BCUT2D eigenvalue weighted by atomic mass is 15.4. The van der Waals surface area contributed by atoms with Crippen molar-refractivity contribution in [2.24, 2.45) is 0 Å². The van der Waals surface area contributed by atoms with E-state index in [2.05, 4.69) is 37.7 Å². The van der Waals surface area contributed by atoms with Crippen LogP contribution in [0, 0.1) is 6.92 Å². The maximum atomic E-state index is 4.44. The van der Waals surface area contributed by atoms with Gasteiger partial charge in [0.2, 0.25) is 0 Å². The van der Waals surface area contributed by atoms with Gasteiger partial charge in [-0.15, -0.1) is 0 Å². The monoisotopic (exact) mass is 241 g/mol. The second kappa shape index (κ2) is 3.94. The number of anilines is 3. The molecule has 5 heteroatoms. The smallest absolute Gasteiger partial charge is 0.154 e. The van der Waals surface area contributed by atoms with Crippen LogP contribution in [0.4, 0.5) is 17.3 Å². The Morgan fingerprint density at radius 3 is 2.83 bits per heavy atom. The molecular formula is C13H15N5.